The molecule has 1 aromatic rings. The van der Waals surface area contributed by atoms with Gasteiger partial charge in [0.15, 0.2) is 0 Å². The summed E-state index contributed by atoms with van der Waals surface area (Å²) >= 11 is 0. The van der Waals surface area contributed by atoms with E-state index in [1.165, 1.54) is 0 Å². The van der Waals surface area contributed by atoms with Crippen LogP contribution >= 0.6 is 0 Å². The Bertz CT molecular complexity index is 445. The summed E-state index contributed by atoms with van der Waals surface area (Å²) in [6.07, 6.45) is 0. The Labute approximate surface area is 108 Å². The van der Waals surface area contributed by atoms with Crippen molar-refractivity contribution in [1.82, 2.24) is 9.80 Å². The molecule has 1 aliphatic rings. The topological polar surface area (TPSA) is 32.8 Å². The lowest BCUT2D eigenvalue weighted by Crippen LogP contribution is -2.34. The molecule has 2 amide bonds. The van der Waals surface area contributed by atoms with E-state index in [1.54, 1.807) is 12.0 Å². The first kappa shape index (κ1) is 12.7. The fraction of sp³-hybridized carbons (Fsp3) is 0.500. The molecule has 0 aromatic heterocycles. The SMILES string of the molecule is COc1cccc(C2CN(C(C)C)C(=O)N2C)c1. The number of hydrogen-bond acceptors (Lipinski definition) is 2. The maximum absolute atomic E-state index is 12.1. The molecule has 0 saturated carbocycles. The van der Waals surface area contributed by atoms with E-state index in [0.717, 1.165) is 17.9 Å². The number of nitrogens with zero attached hydrogens (tertiary/aromatic N) is 2. The van der Waals surface area contributed by atoms with Crippen LogP contribution in [0.5, 0.6) is 5.75 Å². The third kappa shape index (κ3) is 2.15. The molecular weight excluding hydrogens is 228 g/mol. The summed E-state index contributed by atoms with van der Waals surface area (Å²) in [6, 6.07) is 8.35. The average molecular weight is 248 g/mol. The lowest BCUT2D eigenvalue weighted by molar-refractivity contribution is 0.187. The summed E-state index contributed by atoms with van der Waals surface area (Å²) in [5.41, 5.74) is 1.12. The van der Waals surface area contributed by atoms with Crippen molar-refractivity contribution in [3.05, 3.63) is 29.8 Å². The van der Waals surface area contributed by atoms with E-state index in [0.29, 0.717) is 0 Å². The summed E-state index contributed by atoms with van der Waals surface area (Å²) in [7, 11) is 3.51. The highest BCUT2D eigenvalue weighted by Gasteiger charge is 2.36. The number of methoxy groups -OCH3 is 1. The lowest BCUT2D eigenvalue weighted by atomic mass is 10.1. The van der Waals surface area contributed by atoms with Gasteiger partial charge in [-0.1, -0.05) is 12.1 Å². The first-order chi connectivity index (χ1) is 8.54. The molecule has 1 heterocycles. The average Bonchev–Trinajstić information content (AvgIpc) is 2.67. The maximum Gasteiger partial charge on any atom is 0.320 e. The number of carbonyl (C=O) groups is 1. The highest BCUT2D eigenvalue weighted by Crippen LogP contribution is 2.30. The molecule has 1 saturated heterocycles. The van der Waals surface area contributed by atoms with Crippen molar-refractivity contribution >= 4 is 6.03 Å². The van der Waals surface area contributed by atoms with E-state index >= 15 is 0 Å². The Hall–Kier alpha value is -1.71. The molecule has 4 nitrogen and oxygen atoms in total. The second kappa shape index (κ2) is 4.88. The molecule has 1 unspecified atom stereocenters. The van der Waals surface area contributed by atoms with Crippen LogP contribution in [0.25, 0.3) is 0 Å². The van der Waals surface area contributed by atoms with Gasteiger partial charge < -0.3 is 14.5 Å². The van der Waals surface area contributed by atoms with Gasteiger partial charge in [0.1, 0.15) is 5.75 Å². The number of urea groups is 1. The number of hydrogen-bond donors (Lipinski definition) is 0. The van der Waals surface area contributed by atoms with Crippen LogP contribution in [0.1, 0.15) is 25.5 Å². The zero-order chi connectivity index (χ0) is 13.3. The van der Waals surface area contributed by atoms with Gasteiger partial charge in [-0.15, -0.1) is 0 Å². The van der Waals surface area contributed by atoms with Gasteiger partial charge in [-0.05, 0) is 31.5 Å². The summed E-state index contributed by atoms with van der Waals surface area (Å²) in [5.74, 6) is 0.830. The minimum Gasteiger partial charge on any atom is -0.497 e. The number of likely N-dealkylation sites (N-methyl/N-ethyl adjacent to an activating group) is 1. The second-order valence-corrected chi connectivity index (χ2v) is 4.93. The Balaban J connectivity index is 2.26. The molecule has 2 rings (SSSR count). The Kier molecular flexibility index (Phi) is 3.45. The summed E-state index contributed by atoms with van der Waals surface area (Å²) in [5, 5.41) is 0. The predicted octanol–water partition coefficient (Wildman–Crippen LogP) is 2.51. The standard InChI is InChI=1S/C14H20N2O2/c1-10(2)16-9-13(15(3)14(16)17)11-6-5-7-12(8-11)18-4/h5-8,10,13H,9H2,1-4H3. The third-order valence-electron chi connectivity index (χ3n) is 3.49. The largest absolute Gasteiger partial charge is 0.497 e. The minimum atomic E-state index is 0.0952. The summed E-state index contributed by atoms with van der Waals surface area (Å²) in [6.45, 7) is 4.82. The molecule has 0 spiro atoms. The number of carbonyl (C=O) groups excluding carboxylic acids is 1. The fourth-order valence-electron chi connectivity index (χ4n) is 2.33. The molecule has 1 aliphatic heterocycles. The molecule has 0 bridgehead atoms. The van der Waals surface area contributed by atoms with Crippen molar-refractivity contribution in [2.24, 2.45) is 0 Å². The van der Waals surface area contributed by atoms with Gasteiger partial charge in [0.05, 0.1) is 13.2 Å². The van der Waals surface area contributed by atoms with E-state index in [9.17, 15) is 4.79 Å². The van der Waals surface area contributed by atoms with Crippen molar-refractivity contribution in [3.63, 3.8) is 0 Å². The van der Waals surface area contributed by atoms with Gasteiger partial charge in [0.25, 0.3) is 0 Å². The van der Waals surface area contributed by atoms with Gasteiger partial charge in [-0.25, -0.2) is 4.79 Å². The van der Waals surface area contributed by atoms with Crippen LogP contribution in [0.2, 0.25) is 0 Å². The predicted molar refractivity (Wildman–Crippen MR) is 70.7 cm³/mol. The Morgan fingerprint density at radius 3 is 2.67 bits per heavy atom. The molecule has 1 fully saturated rings. The highest BCUT2D eigenvalue weighted by molar-refractivity contribution is 5.77. The normalized spacial score (nSPS) is 19.8. The third-order valence-corrected chi connectivity index (χ3v) is 3.49. The van der Waals surface area contributed by atoms with Crippen molar-refractivity contribution in [2.45, 2.75) is 25.9 Å². The van der Waals surface area contributed by atoms with Crippen LogP contribution in [0, 0.1) is 0 Å². The van der Waals surface area contributed by atoms with Crippen molar-refractivity contribution in [3.8, 4) is 5.75 Å². The molecular formula is C14H20N2O2. The van der Waals surface area contributed by atoms with Crippen LogP contribution in [-0.4, -0.2) is 42.6 Å². The van der Waals surface area contributed by atoms with Crippen LogP contribution in [-0.2, 0) is 0 Å². The van der Waals surface area contributed by atoms with Gasteiger partial charge >= 0.3 is 6.03 Å². The second-order valence-electron chi connectivity index (χ2n) is 4.93. The maximum atomic E-state index is 12.1. The molecule has 0 N–H and O–H groups in total. The van der Waals surface area contributed by atoms with Gasteiger partial charge in [-0.2, -0.15) is 0 Å². The zero-order valence-corrected chi connectivity index (χ0v) is 11.4. The first-order valence-electron chi connectivity index (χ1n) is 6.22. The highest BCUT2D eigenvalue weighted by atomic mass is 16.5. The van der Waals surface area contributed by atoms with Crippen LogP contribution in [0.3, 0.4) is 0 Å². The molecule has 1 aromatic carbocycles. The van der Waals surface area contributed by atoms with Crippen LogP contribution < -0.4 is 4.74 Å². The summed E-state index contributed by atoms with van der Waals surface area (Å²) in [4.78, 5) is 15.8. The van der Waals surface area contributed by atoms with Gasteiger partial charge in [0, 0.05) is 19.6 Å². The van der Waals surface area contributed by atoms with Crippen molar-refractivity contribution in [1.29, 1.82) is 0 Å². The lowest BCUT2D eigenvalue weighted by Gasteiger charge is -2.19. The molecule has 98 valence electrons. The molecule has 0 aliphatic carbocycles. The molecule has 18 heavy (non-hydrogen) atoms. The van der Waals surface area contributed by atoms with Gasteiger partial charge in [-0.3, -0.25) is 0 Å². The number of ether oxygens (including phenoxy) is 1. The van der Waals surface area contributed by atoms with E-state index < -0.39 is 0 Å². The smallest absolute Gasteiger partial charge is 0.320 e. The van der Waals surface area contributed by atoms with E-state index in [4.69, 9.17) is 4.74 Å². The number of rotatable bonds is 3. The summed E-state index contributed by atoms with van der Waals surface area (Å²) < 4.78 is 5.23. The first-order valence-corrected chi connectivity index (χ1v) is 6.22. The minimum absolute atomic E-state index is 0.0952. The van der Waals surface area contributed by atoms with Crippen LogP contribution in [0.15, 0.2) is 24.3 Å². The Morgan fingerprint density at radius 1 is 1.39 bits per heavy atom. The fourth-order valence-corrected chi connectivity index (χ4v) is 2.33. The molecule has 4 heteroatoms. The van der Waals surface area contributed by atoms with Crippen molar-refractivity contribution < 1.29 is 9.53 Å². The van der Waals surface area contributed by atoms with E-state index in [1.807, 2.05) is 50.1 Å². The zero-order valence-electron chi connectivity index (χ0n) is 11.4. The number of benzene rings is 1. The van der Waals surface area contributed by atoms with Crippen LogP contribution in [0.4, 0.5) is 4.79 Å². The van der Waals surface area contributed by atoms with E-state index in [2.05, 4.69) is 0 Å². The van der Waals surface area contributed by atoms with Crippen molar-refractivity contribution in [2.75, 3.05) is 20.7 Å². The molecule has 0 radical (unpaired) electrons. The van der Waals surface area contributed by atoms with E-state index in [-0.39, 0.29) is 18.1 Å². The molecule has 1 atom stereocenters. The quantitative estimate of drug-likeness (QED) is 0.823. The Morgan fingerprint density at radius 2 is 2.11 bits per heavy atom. The monoisotopic (exact) mass is 248 g/mol. The van der Waals surface area contributed by atoms with Gasteiger partial charge in [0.2, 0.25) is 0 Å². The number of amides is 2.